The van der Waals surface area contributed by atoms with Crippen molar-refractivity contribution in [2.45, 2.75) is 32.3 Å². The summed E-state index contributed by atoms with van der Waals surface area (Å²) >= 11 is 0. The van der Waals surface area contributed by atoms with Crippen molar-refractivity contribution in [1.29, 1.82) is 0 Å². The van der Waals surface area contributed by atoms with Crippen molar-refractivity contribution in [3.05, 3.63) is 64.7 Å². The van der Waals surface area contributed by atoms with Gasteiger partial charge in [-0.2, -0.15) is 0 Å². The van der Waals surface area contributed by atoms with Gasteiger partial charge >= 0.3 is 0 Å². The molecule has 0 radical (unpaired) electrons. The molecule has 3 nitrogen and oxygen atoms in total. The molecular formula is C20H24N2O. The molecule has 3 heteroatoms. The van der Waals surface area contributed by atoms with Gasteiger partial charge in [-0.3, -0.25) is 4.99 Å². The number of fused-ring (bicyclic) bond motifs is 1. The van der Waals surface area contributed by atoms with E-state index in [9.17, 15) is 0 Å². The lowest BCUT2D eigenvalue weighted by Crippen LogP contribution is -2.23. The number of rotatable bonds is 4. The molecule has 0 spiro atoms. The van der Waals surface area contributed by atoms with Crippen LogP contribution in [0.15, 0.2) is 47.5 Å². The quantitative estimate of drug-likeness (QED) is 0.689. The van der Waals surface area contributed by atoms with Crippen LogP contribution in [0, 0.1) is 0 Å². The van der Waals surface area contributed by atoms with Gasteiger partial charge in [0.2, 0.25) is 0 Å². The zero-order valence-corrected chi connectivity index (χ0v) is 13.9. The SMILES string of the molecule is CN=C(NC)c1ccc(OCc2ccccc2)c2c1CCCC2. The molecular weight excluding hydrogens is 284 g/mol. The number of nitrogens with zero attached hydrogens (tertiary/aromatic N) is 1. The number of amidine groups is 1. The second-order valence-electron chi connectivity index (χ2n) is 5.87. The molecule has 1 N–H and O–H groups in total. The summed E-state index contributed by atoms with van der Waals surface area (Å²) in [5.41, 5.74) is 5.18. The first-order chi connectivity index (χ1) is 11.3. The van der Waals surface area contributed by atoms with Gasteiger partial charge in [0.25, 0.3) is 0 Å². The van der Waals surface area contributed by atoms with E-state index >= 15 is 0 Å². The molecule has 2 aromatic carbocycles. The number of hydrogen-bond donors (Lipinski definition) is 1. The topological polar surface area (TPSA) is 33.6 Å². The van der Waals surface area contributed by atoms with Gasteiger partial charge in [-0.15, -0.1) is 0 Å². The minimum absolute atomic E-state index is 0.618. The first kappa shape index (κ1) is 15.6. The Morgan fingerprint density at radius 3 is 2.48 bits per heavy atom. The summed E-state index contributed by atoms with van der Waals surface area (Å²) in [7, 11) is 3.76. The van der Waals surface area contributed by atoms with E-state index in [0.717, 1.165) is 24.4 Å². The summed E-state index contributed by atoms with van der Waals surface area (Å²) in [5, 5.41) is 3.20. The maximum absolute atomic E-state index is 6.13. The van der Waals surface area contributed by atoms with Gasteiger partial charge in [-0.25, -0.2) is 0 Å². The lowest BCUT2D eigenvalue weighted by atomic mass is 9.87. The van der Waals surface area contributed by atoms with Gasteiger partial charge in [0.1, 0.15) is 18.2 Å². The molecule has 0 unspecified atom stereocenters. The number of aliphatic imine (C=N–C) groups is 1. The molecule has 0 aliphatic heterocycles. The van der Waals surface area contributed by atoms with Gasteiger partial charge < -0.3 is 10.1 Å². The highest BCUT2D eigenvalue weighted by Gasteiger charge is 2.20. The maximum atomic E-state index is 6.13. The van der Waals surface area contributed by atoms with Crippen molar-refractivity contribution in [3.63, 3.8) is 0 Å². The zero-order chi connectivity index (χ0) is 16.1. The smallest absolute Gasteiger partial charge is 0.128 e. The Morgan fingerprint density at radius 1 is 1.04 bits per heavy atom. The molecule has 0 aromatic heterocycles. The molecule has 0 amide bonds. The Balaban J connectivity index is 1.90. The summed E-state index contributed by atoms with van der Waals surface area (Å²) in [6.45, 7) is 0.618. The standard InChI is InChI=1S/C20H24N2O/c1-21-20(22-2)18-12-13-19(17-11-7-6-10-16(17)18)23-14-15-8-4-3-5-9-15/h3-5,8-9,12-13H,6-7,10-11,14H2,1-2H3,(H,21,22). The van der Waals surface area contributed by atoms with Crippen molar-refractivity contribution >= 4 is 5.84 Å². The van der Waals surface area contributed by atoms with Crippen molar-refractivity contribution in [2.24, 2.45) is 4.99 Å². The third-order valence-electron chi connectivity index (χ3n) is 4.44. The maximum Gasteiger partial charge on any atom is 0.128 e. The molecule has 0 bridgehead atoms. The molecule has 0 atom stereocenters. The summed E-state index contributed by atoms with van der Waals surface area (Å²) < 4.78 is 6.13. The number of benzene rings is 2. The van der Waals surface area contributed by atoms with Gasteiger partial charge in [0, 0.05) is 19.7 Å². The van der Waals surface area contributed by atoms with Gasteiger partial charge in [0.15, 0.2) is 0 Å². The molecule has 0 heterocycles. The predicted molar refractivity (Wildman–Crippen MR) is 95.4 cm³/mol. The van der Waals surface area contributed by atoms with E-state index in [-0.39, 0.29) is 0 Å². The Bertz CT molecular complexity index is 692. The minimum Gasteiger partial charge on any atom is -0.489 e. The molecule has 1 aliphatic carbocycles. The van der Waals surface area contributed by atoms with E-state index in [2.05, 4.69) is 34.6 Å². The molecule has 0 saturated carbocycles. The van der Waals surface area contributed by atoms with Crippen LogP contribution in [0.4, 0.5) is 0 Å². The largest absolute Gasteiger partial charge is 0.489 e. The minimum atomic E-state index is 0.618. The lowest BCUT2D eigenvalue weighted by molar-refractivity contribution is 0.301. The zero-order valence-electron chi connectivity index (χ0n) is 13.9. The average Bonchev–Trinajstić information content (AvgIpc) is 2.62. The molecule has 23 heavy (non-hydrogen) atoms. The van der Waals surface area contributed by atoms with Crippen LogP contribution < -0.4 is 10.1 Å². The summed E-state index contributed by atoms with van der Waals surface area (Å²) in [4.78, 5) is 4.37. The van der Waals surface area contributed by atoms with Gasteiger partial charge in [-0.1, -0.05) is 30.3 Å². The fourth-order valence-electron chi connectivity index (χ4n) is 3.29. The third-order valence-corrected chi connectivity index (χ3v) is 4.44. The predicted octanol–water partition coefficient (Wildman–Crippen LogP) is 3.74. The summed E-state index contributed by atoms with van der Waals surface area (Å²) in [5.74, 6) is 1.98. The van der Waals surface area contributed by atoms with Crippen LogP contribution in [-0.2, 0) is 19.4 Å². The van der Waals surface area contributed by atoms with Crippen LogP contribution in [0.5, 0.6) is 5.75 Å². The summed E-state index contributed by atoms with van der Waals surface area (Å²) in [6, 6.07) is 14.6. The third kappa shape index (κ3) is 3.39. The highest BCUT2D eigenvalue weighted by atomic mass is 16.5. The van der Waals surface area contributed by atoms with Crippen LogP contribution in [0.25, 0.3) is 0 Å². The normalized spacial score (nSPS) is 14.3. The van der Waals surface area contributed by atoms with E-state index in [1.165, 1.54) is 35.1 Å². The van der Waals surface area contributed by atoms with E-state index in [1.54, 1.807) is 0 Å². The van der Waals surface area contributed by atoms with Crippen LogP contribution in [-0.4, -0.2) is 19.9 Å². The molecule has 3 rings (SSSR count). The molecule has 1 aliphatic rings. The van der Waals surface area contributed by atoms with Crippen LogP contribution in [0.3, 0.4) is 0 Å². The van der Waals surface area contributed by atoms with Crippen molar-refractivity contribution in [1.82, 2.24) is 5.32 Å². The van der Waals surface area contributed by atoms with Crippen LogP contribution in [0.1, 0.15) is 35.1 Å². The highest BCUT2D eigenvalue weighted by molar-refractivity contribution is 6.00. The second-order valence-corrected chi connectivity index (χ2v) is 5.87. The van der Waals surface area contributed by atoms with E-state index in [0.29, 0.717) is 6.61 Å². The molecule has 0 saturated heterocycles. The monoisotopic (exact) mass is 308 g/mol. The molecule has 2 aromatic rings. The van der Waals surface area contributed by atoms with E-state index < -0.39 is 0 Å². The number of ether oxygens (including phenoxy) is 1. The number of nitrogens with one attached hydrogen (secondary N) is 1. The first-order valence-corrected chi connectivity index (χ1v) is 8.30. The fourth-order valence-corrected chi connectivity index (χ4v) is 3.29. The number of hydrogen-bond acceptors (Lipinski definition) is 2. The fraction of sp³-hybridized carbons (Fsp3) is 0.350. The van der Waals surface area contributed by atoms with Gasteiger partial charge in [-0.05, 0) is 54.5 Å². The van der Waals surface area contributed by atoms with Crippen molar-refractivity contribution in [3.8, 4) is 5.75 Å². The second kappa shape index (κ2) is 7.32. The van der Waals surface area contributed by atoms with Crippen molar-refractivity contribution < 1.29 is 4.74 Å². The lowest BCUT2D eigenvalue weighted by Gasteiger charge is -2.23. The average molecular weight is 308 g/mol. The van der Waals surface area contributed by atoms with E-state index in [1.807, 2.05) is 32.3 Å². The van der Waals surface area contributed by atoms with Gasteiger partial charge in [0.05, 0.1) is 0 Å². The van der Waals surface area contributed by atoms with Crippen LogP contribution >= 0.6 is 0 Å². The molecule has 0 fully saturated rings. The highest BCUT2D eigenvalue weighted by Crippen LogP contribution is 2.33. The summed E-state index contributed by atoms with van der Waals surface area (Å²) in [6.07, 6.45) is 4.67. The Morgan fingerprint density at radius 2 is 1.78 bits per heavy atom. The van der Waals surface area contributed by atoms with Crippen LogP contribution in [0.2, 0.25) is 0 Å². The Labute approximate surface area is 138 Å². The molecule has 120 valence electrons. The van der Waals surface area contributed by atoms with Crippen molar-refractivity contribution in [2.75, 3.05) is 14.1 Å². The Kier molecular flexibility index (Phi) is 4.96. The van der Waals surface area contributed by atoms with E-state index in [4.69, 9.17) is 4.74 Å². The Hall–Kier alpha value is -2.29. The first-order valence-electron chi connectivity index (χ1n) is 8.30.